The Kier molecular flexibility index (Phi) is 3.71. The van der Waals surface area contributed by atoms with Crippen molar-refractivity contribution >= 4 is 0 Å². The second-order valence-electron chi connectivity index (χ2n) is 4.93. The molecule has 1 atom stereocenters. The van der Waals surface area contributed by atoms with E-state index in [1.807, 2.05) is 0 Å². The SMILES string of the molecule is CC(C)(C)[C@@H](O)CN1CCNCC1. The summed E-state index contributed by atoms with van der Waals surface area (Å²) in [6.45, 7) is 11.3. The highest BCUT2D eigenvalue weighted by Crippen LogP contribution is 2.19. The number of hydrogen-bond donors (Lipinski definition) is 2. The van der Waals surface area contributed by atoms with E-state index in [0.717, 1.165) is 32.7 Å². The van der Waals surface area contributed by atoms with Crippen molar-refractivity contribution in [2.24, 2.45) is 5.41 Å². The molecular formula is C10H22N2O. The molecule has 1 aliphatic rings. The zero-order chi connectivity index (χ0) is 9.90. The van der Waals surface area contributed by atoms with Crippen LogP contribution in [0.4, 0.5) is 0 Å². The third-order valence-electron chi connectivity index (χ3n) is 2.64. The Labute approximate surface area is 81.1 Å². The lowest BCUT2D eigenvalue weighted by Gasteiger charge is -2.34. The molecule has 2 N–H and O–H groups in total. The minimum atomic E-state index is -0.217. The van der Waals surface area contributed by atoms with Gasteiger partial charge in [-0.3, -0.25) is 4.90 Å². The maximum absolute atomic E-state index is 9.88. The number of hydrogen-bond acceptors (Lipinski definition) is 3. The molecule has 0 aromatic heterocycles. The van der Waals surface area contributed by atoms with Crippen molar-refractivity contribution in [2.75, 3.05) is 32.7 Å². The molecular weight excluding hydrogens is 164 g/mol. The molecule has 0 saturated carbocycles. The first-order valence-electron chi connectivity index (χ1n) is 5.11. The van der Waals surface area contributed by atoms with Crippen LogP contribution in [0.3, 0.4) is 0 Å². The van der Waals surface area contributed by atoms with Crippen LogP contribution in [0.1, 0.15) is 20.8 Å². The summed E-state index contributed by atoms with van der Waals surface area (Å²) in [5.74, 6) is 0. The van der Waals surface area contributed by atoms with E-state index in [9.17, 15) is 5.11 Å². The quantitative estimate of drug-likeness (QED) is 0.651. The molecule has 0 unspecified atom stereocenters. The Hall–Kier alpha value is -0.120. The average Bonchev–Trinajstić information content (AvgIpc) is 2.04. The Morgan fingerprint density at radius 1 is 1.31 bits per heavy atom. The zero-order valence-electron chi connectivity index (χ0n) is 9.01. The maximum atomic E-state index is 9.88. The van der Waals surface area contributed by atoms with Crippen molar-refractivity contribution in [2.45, 2.75) is 26.9 Å². The van der Waals surface area contributed by atoms with Crippen molar-refractivity contribution in [3.63, 3.8) is 0 Å². The second kappa shape index (κ2) is 4.40. The van der Waals surface area contributed by atoms with Gasteiger partial charge in [-0.05, 0) is 5.41 Å². The van der Waals surface area contributed by atoms with E-state index >= 15 is 0 Å². The van der Waals surface area contributed by atoms with E-state index in [1.165, 1.54) is 0 Å². The molecule has 0 spiro atoms. The smallest absolute Gasteiger partial charge is 0.0715 e. The molecule has 78 valence electrons. The first kappa shape index (κ1) is 11.0. The summed E-state index contributed by atoms with van der Waals surface area (Å²) in [5.41, 5.74) is 0.00484. The van der Waals surface area contributed by atoms with Gasteiger partial charge in [-0.1, -0.05) is 20.8 Å². The average molecular weight is 186 g/mol. The van der Waals surface area contributed by atoms with Crippen LogP contribution in [0.25, 0.3) is 0 Å². The van der Waals surface area contributed by atoms with Gasteiger partial charge in [-0.15, -0.1) is 0 Å². The van der Waals surface area contributed by atoms with E-state index < -0.39 is 0 Å². The predicted octanol–water partition coefficient (Wildman–Crippen LogP) is 0.299. The third kappa shape index (κ3) is 3.63. The largest absolute Gasteiger partial charge is 0.391 e. The van der Waals surface area contributed by atoms with Gasteiger partial charge in [-0.2, -0.15) is 0 Å². The molecule has 1 aliphatic heterocycles. The summed E-state index contributed by atoms with van der Waals surface area (Å²) in [7, 11) is 0. The standard InChI is InChI=1S/C10H22N2O/c1-10(2,3)9(13)8-12-6-4-11-5-7-12/h9,11,13H,4-8H2,1-3H3/t9-/m0/s1. The Balaban J connectivity index is 2.30. The molecule has 1 saturated heterocycles. The van der Waals surface area contributed by atoms with Gasteiger partial charge in [0.15, 0.2) is 0 Å². The third-order valence-corrected chi connectivity index (χ3v) is 2.64. The number of aliphatic hydroxyl groups is 1. The first-order chi connectivity index (χ1) is 6.00. The van der Waals surface area contributed by atoms with Gasteiger partial charge in [0.2, 0.25) is 0 Å². The van der Waals surface area contributed by atoms with Gasteiger partial charge >= 0.3 is 0 Å². The molecule has 3 heteroatoms. The molecule has 1 heterocycles. The predicted molar refractivity (Wildman–Crippen MR) is 54.8 cm³/mol. The van der Waals surface area contributed by atoms with Crippen molar-refractivity contribution in [1.29, 1.82) is 0 Å². The monoisotopic (exact) mass is 186 g/mol. The molecule has 0 bridgehead atoms. The lowest BCUT2D eigenvalue weighted by Crippen LogP contribution is -2.48. The van der Waals surface area contributed by atoms with Gasteiger partial charge in [0.05, 0.1) is 6.10 Å². The highest BCUT2D eigenvalue weighted by Gasteiger charge is 2.24. The molecule has 3 nitrogen and oxygen atoms in total. The molecule has 1 rings (SSSR count). The Morgan fingerprint density at radius 2 is 1.85 bits per heavy atom. The summed E-state index contributed by atoms with van der Waals surface area (Å²) < 4.78 is 0. The van der Waals surface area contributed by atoms with Gasteiger partial charge < -0.3 is 10.4 Å². The summed E-state index contributed by atoms with van der Waals surface area (Å²) in [5, 5.41) is 13.2. The number of rotatable bonds is 2. The molecule has 0 amide bonds. The summed E-state index contributed by atoms with van der Waals surface area (Å²) in [6.07, 6.45) is -0.217. The number of nitrogens with zero attached hydrogens (tertiary/aromatic N) is 1. The fraction of sp³-hybridized carbons (Fsp3) is 1.00. The topological polar surface area (TPSA) is 35.5 Å². The van der Waals surface area contributed by atoms with Gasteiger partial charge in [0.1, 0.15) is 0 Å². The van der Waals surface area contributed by atoms with Crippen LogP contribution in [0, 0.1) is 5.41 Å². The van der Waals surface area contributed by atoms with E-state index in [0.29, 0.717) is 0 Å². The van der Waals surface area contributed by atoms with E-state index in [2.05, 4.69) is 31.0 Å². The fourth-order valence-electron chi connectivity index (χ4n) is 1.41. The second-order valence-corrected chi connectivity index (χ2v) is 4.93. The first-order valence-corrected chi connectivity index (χ1v) is 5.11. The molecule has 0 aromatic rings. The highest BCUT2D eigenvalue weighted by atomic mass is 16.3. The fourth-order valence-corrected chi connectivity index (χ4v) is 1.41. The summed E-state index contributed by atoms with van der Waals surface area (Å²) >= 11 is 0. The molecule has 0 aromatic carbocycles. The van der Waals surface area contributed by atoms with Crippen LogP contribution in [0.15, 0.2) is 0 Å². The van der Waals surface area contributed by atoms with Crippen LogP contribution in [-0.4, -0.2) is 48.8 Å². The molecule has 13 heavy (non-hydrogen) atoms. The van der Waals surface area contributed by atoms with Crippen molar-refractivity contribution in [3.8, 4) is 0 Å². The summed E-state index contributed by atoms with van der Waals surface area (Å²) in [4.78, 5) is 2.33. The minimum absolute atomic E-state index is 0.00484. The molecule has 0 aliphatic carbocycles. The van der Waals surface area contributed by atoms with Crippen LogP contribution in [-0.2, 0) is 0 Å². The summed E-state index contributed by atoms with van der Waals surface area (Å²) in [6, 6.07) is 0. The maximum Gasteiger partial charge on any atom is 0.0715 e. The van der Waals surface area contributed by atoms with Crippen LogP contribution in [0.5, 0.6) is 0 Å². The van der Waals surface area contributed by atoms with Gasteiger partial charge in [0, 0.05) is 32.7 Å². The minimum Gasteiger partial charge on any atom is -0.391 e. The van der Waals surface area contributed by atoms with Gasteiger partial charge in [-0.25, -0.2) is 0 Å². The van der Waals surface area contributed by atoms with Crippen molar-refractivity contribution in [3.05, 3.63) is 0 Å². The van der Waals surface area contributed by atoms with E-state index in [4.69, 9.17) is 0 Å². The number of aliphatic hydroxyl groups excluding tert-OH is 1. The lowest BCUT2D eigenvalue weighted by molar-refractivity contribution is 0.0254. The van der Waals surface area contributed by atoms with E-state index in [-0.39, 0.29) is 11.5 Å². The lowest BCUT2D eigenvalue weighted by atomic mass is 9.89. The molecule has 0 radical (unpaired) electrons. The van der Waals surface area contributed by atoms with Crippen LogP contribution in [0.2, 0.25) is 0 Å². The number of piperazine rings is 1. The molecule has 1 fully saturated rings. The number of β-amino-alcohol motifs (C(OH)–C–C–N with tert-alkyl or cyclic N) is 1. The Bertz CT molecular complexity index is 147. The van der Waals surface area contributed by atoms with Crippen molar-refractivity contribution < 1.29 is 5.11 Å². The van der Waals surface area contributed by atoms with Crippen molar-refractivity contribution in [1.82, 2.24) is 10.2 Å². The normalized spacial score (nSPS) is 23.1. The zero-order valence-corrected chi connectivity index (χ0v) is 9.01. The van der Waals surface area contributed by atoms with E-state index in [1.54, 1.807) is 0 Å². The Morgan fingerprint density at radius 3 is 2.31 bits per heavy atom. The highest BCUT2D eigenvalue weighted by molar-refractivity contribution is 4.78. The number of nitrogens with one attached hydrogen (secondary N) is 1. The van der Waals surface area contributed by atoms with Crippen LogP contribution < -0.4 is 5.32 Å². The van der Waals surface area contributed by atoms with Gasteiger partial charge in [0.25, 0.3) is 0 Å². The van der Waals surface area contributed by atoms with Crippen LogP contribution >= 0.6 is 0 Å².